The summed E-state index contributed by atoms with van der Waals surface area (Å²) in [5, 5.41) is 12.1. The van der Waals surface area contributed by atoms with Crippen molar-refractivity contribution in [2.75, 3.05) is 56.2 Å². The van der Waals surface area contributed by atoms with E-state index in [-0.39, 0.29) is 23.6 Å². The van der Waals surface area contributed by atoms with Crippen molar-refractivity contribution in [3.8, 4) is 0 Å². The molecule has 0 saturated carbocycles. The van der Waals surface area contributed by atoms with Crippen LogP contribution >= 0.6 is 11.3 Å². The lowest BCUT2D eigenvalue weighted by atomic mass is 9.80. The largest absolute Gasteiger partial charge is 0.506 e. The summed E-state index contributed by atoms with van der Waals surface area (Å²) in [6, 6.07) is 24.7. The number of hydrogen-bond donors (Lipinski definition) is 1. The standard InChI is InChI=1S/C44H50N4O4S/c1-5-47(6-2)35-23-17-32(18-24-35)41-43(50)42(44(41)51)33-19-25-36(26-20-33)48(7-3)29-30-52-40(49)13-10-28-46(4)34-21-14-31(15-22-34)16-27-39-45-37-11-8-9-12-38(37)53-39/h8-9,11-12,14-15,17-26,36,50H,5-7,10,13,16,27-30H2,1-4H3. The van der Waals surface area contributed by atoms with E-state index in [4.69, 9.17) is 9.72 Å². The number of fused-ring (bicyclic) bond motifs is 1. The van der Waals surface area contributed by atoms with Crippen molar-refractivity contribution in [3.63, 3.8) is 0 Å². The van der Waals surface area contributed by atoms with Gasteiger partial charge in [-0.3, -0.25) is 14.5 Å². The molecule has 8 nitrogen and oxygen atoms in total. The van der Waals surface area contributed by atoms with Gasteiger partial charge in [-0.25, -0.2) is 4.98 Å². The number of hydrogen-bond acceptors (Lipinski definition) is 9. The molecule has 0 atom stereocenters. The highest BCUT2D eigenvalue weighted by Crippen LogP contribution is 2.39. The van der Waals surface area contributed by atoms with Crippen molar-refractivity contribution in [3.05, 3.63) is 130 Å². The van der Waals surface area contributed by atoms with E-state index in [2.05, 4.69) is 85.0 Å². The number of allylic oxidation sites excluding steroid dienone is 5. The van der Waals surface area contributed by atoms with E-state index in [9.17, 15) is 14.7 Å². The number of carbonyl (C=O) groups excluding carboxylic acids is 2. The summed E-state index contributed by atoms with van der Waals surface area (Å²) < 4.78 is 6.84. The summed E-state index contributed by atoms with van der Waals surface area (Å²) in [4.78, 5) is 37.1. The number of para-hydroxylation sites is 1. The number of aliphatic hydroxyl groups excluding tert-OH is 1. The van der Waals surface area contributed by atoms with Gasteiger partial charge < -0.3 is 19.6 Å². The molecule has 0 spiro atoms. The van der Waals surface area contributed by atoms with Crippen LogP contribution in [-0.4, -0.2) is 79.2 Å². The Morgan fingerprint density at radius 3 is 2.21 bits per heavy atom. The molecular weight excluding hydrogens is 681 g/mol. The summed E-state index contributed by atoms with van der Waals surface area (Å²) in [6.07, 6.45) is 10.8. The molecule has 2 aliphatic rings. The van der Waals surface area contributed by atoms with Gasteiger partial charge in [0.25, 0.3) is 0 Å². The molecule has 4 aromatic rings. The first-order valence-electron chi connectivity index (χ1n) is 18.8. The van der Waals surface area contributed by atoms with Crippen LogP contribution in [0.2, 0.25) is 0 Å². The molecule has 0 aliphatic heterocycles. The number of esters is 1. The Morgan fingerprint density at radius 2 is 1.55 bits per heavy atom. The lowest BCUT2D eigenvalue weighted by molar-refractivity contribution is -0.144. The third-order valence-electron chi connectivity index (χ3n) is 10.1. The van der Waals surface area contributed by atoms with Gasteiger partial charge in [-0.1, -0.05) is 67.6 Å². The second-order valence-corrected chi connectivity index (χ2v) is 14.5. The van der Waals surface area contributed by atoms with Crippen LogP contribution in [0.5, 0.6) is 0 Å². The number of Topliss-reactive ketones (excluding diaryl/α,β-unsaturated/α-hetero) is 1. The van der Waals surface area contributed by atoms with Crippen LogP contribution in [0.3, 0.4) is 0 Å². The molecule has 9 heteroatoms. The maximum Gasteiger partial charge on any atom is 0.305 e. The number of aryl methyl sites for hydroxylation is 2. The Kier molecular flexibility index (Phi) is 12.6. The van der Waals surface area contributed by atoms with Crippen molar-refractivity contribution in [1.29, 1.82) is 0 Å². The lowest BCUT2D eigenvalue weighted by Gasteiger charge is -2.29. The number of ketones is 1. The average Bonchev–Trinajstić information content (AvgIpc) is 3.61. The highest BCUT2D eigenvalue weighted by molar-refractivity contribution is 7.18. The summed E-state index contributed by atoms with van der Waals surface area (Å²) >= 11 is 1.77. The summed E-state index contributed by atoms with van der Waals surface area (Å²) in [5.74, 6) is -0.286. The highest BCUT2D eigenvalue weighted by Gasteiger charge is 2.36. The van der Waals surface area contributed by atoms with Gasteiger partial charge >= 0.3 is 5.97 Å². The number of benzene rings is 3. The fourth-order valence-corrected chi connectivity index (χ4v) is 7.92. The van der Waals surface area contributed by atoms with Crippen molar-refractivity contribution in [2.24, 2.45) is 0 Å². The molecule has 0 amide bonds. The van der Waals surface area contributed by atoms with Crippen molar-refractivity contribution in [1.82, 2.24) is 9.88 Å². The fraction of sp³-hybridized carbons (Fsp3) is 0.341. The lowest BCUT2D eigenvalue weighted by Crippen LogP contribution is -2.36. The molecule has 0 radical (unpaired) electrons. The first kappa shape index (κ1) is 37.8. The maximum atomic E-state index is 13.1. The van der Waals surface area contributed by atoms with Crippen molar-refractivity contribution >= 4 is 50.3 Å². The van der Waals surface area contributed by atoms with Crippen LogP contribution in [-0.2, 0) is 27.2 Å². The number of rotatable bonds is 17. The molecule has 3 aromatic carbocycles. The minimum atomic E-state index is -0.189. The number of nitrogens with zero attached hydrogens (tertiary/aromatic N) is 4. The molecule has 2 aliphatic carbocycles. The molecule has 0 fully saturated rings. The molecule has 1 N–H and O–H groups in total. The second kappa shape index (κ2) is 17.7. The topological polar surface area (TPSA) is 86.2 Å². The number of carbonyl (C=O) groups is 2. The van der Waals surface area contributed by atoms with Gasteiger partial charge in [0.1, 0.15) is 12.4 Å². The van der Waals surface area contributed by atoms with Gasteiger partial charge in [0.2, 0.25) is 5.78 Å². The minimum Gasteiger partial charge on any atom is -0.506 e. The fourth-order valence-electron chi connectivity index (χ4n) is 6.95. The van der Waals surface area contributed by atoms with Gasteiger partial charge in [0, 0.05) is 63.5 Å². The zero-order valence-corrected chi connectivity index (χ0v) is 32.1. The number of ether oxygens (including phenoxy) is 1. The number of aliphatic hydroxyl groups is 1. The molecule has 276 valence electrons. The first-order valence-corrected chi connectivity index (χ1v) is 19.6. The van der Waals surface area contributed by atoms with Crippen LogP contribution in [0, 0.1) is 0 Å². The predicted molar refractivity (Wildman–Crippen MR) is 218 cm³/mol. The Bertz CT molecular complexity index is 1970. The number of thiazole rings is 1. The van der Waals surface area contributed by atoms with Gasteiger partial charge in [0.15, 0.2) is 0 Å². The van der Waals surface area contributed by atoms with Crippen LogP contribution in [0.25, 0.3) is 15.8 Å². The first-order chi connectivity index (χ1) is 25.8. The molecular formula is C44H50N4O4S. The molecule has 0 bridgehead atoms. The third kappa shape index (κ3) is 8.98. The van der Waals surface area contributed by atoms with Crippen molar-refractivity contribution < 1.29 is 19.4 Å². The zero-order valence-electron chi connectivity index (χ0n) is 31.3. The number of anilines is 2. The van der Waals surface area contributed by atoms with Crippen LogP contribution < -0.4 is 9.80 Å². The van der Waals surface area contributed by atoms with E-state index >= 15 is 0 Å². The van der Waals surface area contributed by atoms with Gasteiger partial charge in [0.05, 0.1) is 26.4 Å². The monoisotopic (exact) mass is 730 g/mol. The molecule has 53 heavy (non-hydrogen) atoms. The Morgan fingerprint density at radius 1 is 0.849 bits per heavy atom. The quantitative estimate of drug-likeness (QED) is 0.0858. The molecule has 1 heterocycles. The summed E-state index contributed by atoms with van der Waals surface area (Å²) in [5.41, 5.74) is 6.74. The maximum absolute atomic E-state index is 13.1. The Labute approximate surface area is 317 Å². The number of likely N-dealkylation sites (N-methyl/N-ethyl adjacent to an activating group) is 1. The van der Waals surface area contributed by atoms with Crippen LogP contribution in [0.15, 0.2) is 114 Å². The van der Waals surface area contributed by atoms with Crippen LogP contribution in [0.4, 0.5) is 11.4 Å². The summed E-state index contributed by atoms with van der Waals surface area (Å²) in [7, 11) is 2.05. The Balaban J connectivity index is 0.908. The van der Waals surface area contributed by atoms with E-state index in [0.29, 0.717) is 42.7 Å². The minimum absolute atomic E-state index is 0.00368. The van der Waals surface area contributed by atoms with Crippen molar-refractivity contribution in [2.45, 2.75) is 52.5 Å². The summed E-state index contributed by atoms with van der Waals surface area (Å²) in [6.45, 7) is 10.5. The highest BCUT2D eigenvalue weighted by atomic mass is 32.1. The second-order valence-electron chi connectivity index (χ2n) is 13.4. The Hall–Kier alpha value is -4.99. The third-order valence-corrected chi connectivity index (χ3v) is 11.2. The van der Waals surface area contributed by atoms with Gasteiger partial charge in [-0.2, -0.15) is 0 Å². The molecule has 6 rings (SSSR count). The van der Waals surface area contributed by atoms with Gasteiger partial charge in [-0.05, 0) is 86.3 Å². The van der Waals surface area contributed by atoms with E-state index in [0.717, 1.165) is 61.5 Å². The zero-order chi connectivity index (χ0) is 37.3. The SMILES string of the molecule is CCN(CC)c1ccc(C2=C(O)C(=C3C=CC(N(CC)CCOC(=O)CCCN(C)c4ccc(CCc5nc6ccccc6s5)cc4)C=C3)C2=O)cc1. The average molecular weight is 731 g/mol. The van der Waals surface area contributed by atoms with E-state index in [1.165, 1.54) is 15.3 Å². The molecule has 1 aromatic heterocycles. The predicted octanol–water partition coefficient (Wildman–Crippen LogP) is 8.35. The van der Waals surface area contributed by atoms with E-state index < -0.39 is 0 Å². The molecule has 0 saturated heterocycles. The smallest absolute Gasteiger partial charge is 0.305 e. The van der Waals surface area contributed by atoms with E-state index in [1.54, 1.807) is 11.3 Å². The number of aromatic nitrogens is 1. The normalized spacial score (nSPS) is 15.4. The van der Waals surface area contributed by atoms with Gasteiger partial charge in [-0.15, -0.1) is 11.3 Å². The molecule has 0 unspecified atom stereocenters. The van der Waals surface area contributed by atoms with Crippen LogP contribution in [0.1, 0.15) is 49.7 Å². The van der Waals surface area contributed by atoms with E-state index in [1.807, 2.05) is 54.6 Å².